The van der Waals surface area contributed by atoms with E-state index in [9.17, 15) is 8.42 Å². The summed E-state index contributed by atoms with van der Waals surface area (Å²) in [5, 5.41) is 11.9. The first-order chi connectivity index (χ1) is 15.9. The van der Waals surface area contributed by atoms with Gasteiger partial charge in [-0.2, -0.15) is 5.10 Å². The second-order valence-corrected chi connectivity index (χ2v) is 10.2. The maximum Gasteiger partial charge on any atom is 0.185 e. The summed E-state index contributed by atoms with van der Waals surface area (Å²) in [5.74, 6) is 0.338. The average molecular weight is 489 g/mol. The van der Waals surface area contributed by atoms with Crippen LogP contribution in [0.4, 0.5) is 5.69 Å². The summed E-state index contributed by atoms with van der Waals surface area (Å²) >= 11 is 5.73. The van der Waals surface area contributed by atoms with Crippen molar-refractivity contribution in [2.45, 2.75) is 23.0 Å². The monoisotopic (exact) mass is 488 g/mol. The minimum Gasteiger partial charge on any atom is -0.495 e. The molecule has 8 nitrogen and oxygen atoms in total. The highest BCUT2D eigenvalue weighted by atomic mass is 35.5. The summed E-state index contributed by atoms with van der Waals surface area (Å²) in [6.07, 6.45) is 4.47. The lowest BCUT2D eigenvalue weighted by Gasteiger charge is -2.23. The van der Waals surface area contributed by atoms with Gasteiger partial charge in [-0.15, -0.1) is 0 Å². The summed E-state index contributed by atoms with van der Waals surface area (Å²) < 4.78 is 36.7. The molecule has 33 heavy (non-hydrogen) atoms. The Labute approximate surface area is 197 Å². The Kier molecular flexibility index (Phi) is 7.02. The van der Waals surface area contributed by atoms with Crippen molar-refractivity contribution in [2.75, 3.05) is 32.7 Å². The molecule has 3 heterocycles. The van der Waals surface area contributed by atoms with Crippen LogP contribution >= 0.6 is 11.6 Å². The first-order valence-corrected chi connectivity index (χ1v) is 12.4. The second kappa shape index (κ2) is 9.94. The third-order valence-electron chi connectivity index (χ3n) is 5.61. The van der Waals surface area contributed by atoms with Gasteiger partial charge >= 0.3 is 0 Å². The number of H-pyrrole nitrogens is 1. The van der Waals surface area contributed by atoms with Gasteiger partial charge in [0.2, 0.25) is 0 Å². The molecule has 0 unspecified atom stereocenters. The van der Waals surface area contributed by atoms with Crippen LogP contribution in [-0.4, -0.2) is 56.2 Å². The molecule has 2 N–H and O–H groups in total. The fourth-order valence-electron chi connectivity index (χ4n) is 3.83. The zero-order chi connectivity index (χ0) is 23.4. The number of hydrogen-bond acceptors (Lipinski definition) is 7. The number of nitrogens with one attached hydrogen (secondary N) is 2. The van der Waals surface area contributed by atoms with Crippen molar-refractivity contribution in [2.24, 2.45) is 0 Å². The van der Waals surface area contributed by atoms with E-state index in [1.165, 1.54) is 7.11 Å². The van der Waals surface area contributed by atoms with Crippen LogP contribution in [0.3, 0.4) is 0 Å². The molecule has 1 saturated heterocycles. The van der Waals surface area contributed by atoms with E-state index in [4.69, 9.17) is 21.1 Å². The largest absolute Gasteiger partial charge is 0.495 e. The van der Waals surface area contributed by atoms with Gasteiger partial charge in [-0.25, -0.2) is 8.42 Å². The molecule has 0 amide bonds. The van der Waals surface area contributed by atoms with Crippen LogP contribution in [0.1, 0.15) is 12.8 Å². The quantitative estimate of drug-likeness (QED) is 0.437. The van der Waals surface area contributed by atoms with Crippen molar-refractivity contribution >= 4 is 48.9 Å². The molecule has 2 aromatic carbocycles. The number of anilines is 1. The van der Waals surface area contributed by atoms with Gasteiger partial charge < -0.3 is 14.8 Å². The van der Waals surface area contributed by atoms with Crippen molar-refractivity contribution in [1.29, 1.82) is 0 Å². The first-order valence-electron chi connectivity index (χ1n) is 10.5. The smallest absolute Gasteiger partial charge is 0.185 e. The minimum atomic E-state index is -3.48. The molecular weight excluding hydrogens is 464 g/mol. The number of halogens is 1. The Balaban J connectivity index is 0.000000214. The highest BCUT2D eigenvalue weighted by Crippen LogP contribution is 2.35. The number of pyridine rings is 1. The van der Waals surface area contributed by atoms with Gasteiger partial charge in [0.15, 0.2) is 9.84 Å². The maximum absolute atomic E-state index is 13.0. The molecular formula is C23H25ClN4O4S. The lowest BCUT2D eigenvalue weighted by atomic mass is 10.2. The summed E-state index contributed by atoms with van der Waals surface area (Å²) in [7, 11) is -0.206. The Bertz CT molecular complexity index is 1370. The number of nitrogens with zero attached hydrogens (tertiary/aromatic N) is 2. The van der Waals surface area contributed by atoms with E-state index in [-0.39, 0.29) is 4.90 Å². The molecule has 1 aliphatic rings. The van der Waals surface area contributed by atoms with E-state index < -0.39 is 15.1 Å². The Morgan fingerprint density at radius 3 is 2.70 bits per heavy atom. The molecule has 0 saturated carbocycles. The Hall–Kier alpha value is -2.88. The van der Waals surface area contributed by atoms with E-state index in [0.717, 1.165) is 27.0 Å². The molecule has 174 valence electrons. The van der Waals surface area contributed by atoms with Gasteiger partial charge in [0.05, 0.1) is 29.6 Å². The number of sulfone groups is 1. The van der Waals surface area contributed by atoms with E-state index in [0.29, 0.717) is 37.3 Å². The zero-order valence-corrected chi connectivity index (χ0v) is 19.9. The predicted octanol–water partition coefficient (Wildman–Crippen LogP) is 4.45. The lowest BCUT2D eigenvalue weighted by Crippen LogP contribution is -2.29. The topological polar surface area (TPSA) is 106 Å². The molecule has 4 aromatic rings. The van der Waals surface area contributed by atoms with Gasteiger partial charge in [-0.3, -0.25) is 10.1 Å². The number of ether oxygens (including phenoxy) is 2. The van der Waals surface area contributed by atoms with Gasteiger partial charge in [-0.05, 0) is 43.2 Å². The van der Waals surface area contributed by atoms with Crippen LogP contribution in [-0.2, 0) is 14.6 Å². The molecule has 0 radical (unpaired) electrons. The third kappa shape index (κ3) is 4.90. The molecule has 5 rings (SSSR count). The van der Waals surface area contributed by atoms with Gasteiger partial charge in [0, 0.05) is 54.0 Å². The fraction of sp³-hybridized carbons (Fsp3) is 0.304. The second-order valence-electron chi connectivity index (χ2n) is 7.59. The zero-order valence-electron chi connectivity index (χ0n) is 18.3. The summed E-state index contributed by atoms with van der Waals surface area (Å²) in [6.45, 7) is 0.951. The molecule has 0 spiro atoms. The number of benzene rings is 2. The highest BCUT2D eigenvalue weighted by Gasteiger charge is 2.32. The molecule has 10 heteroatoms. The van der Waals surface area contributed by atoms with E-state index in [1.54, 1.807) is 31.6 Å². The van der Waals surface area contributed by atoms with Crippen LogP contribution in [0, 0.1) is 0 Å². The summed E-state index contributed by atoms with van der Waals surface area (Å²) in [6, 6.07) is 10.8. The number of hydrogen-bond donors (Lipinski definition) is 2. The molecule has 0 bridgehead atoms. The summed E-state index contributed by atoms with van der Waals surface area (Å²) in [4.78, 5) is 4.53. The third-order valence-corrected chi connectivity index (χ3v) is 8.13. The standard InChI is InChI=1S/C16H20N2O4S.C7H5ClN2/c1-17-13-3-6-18-14-10-15(21-2)16(9-12(13)14)23(19,20)11-4-7-22-8-5-11;8-6-2-1-5-4-9-10-7(5)3-6/h3,6,9-11H,4-5,7-8H2,1-2H3,(H,17,18);1-4H,(H,9,10). The minimum absolute atomic E-state index is 0.226. The van der Waals surface area contributed by atoms with Crippen LogP contribution < -0.4 is 10.1 Å². The van der Waals surface area contributed by atoms with Crippen molar-refractivity contribution in [3.63, 3.8) is 0 Å². The number of aromatic amines is 1. The van der Waals surface area contributed by atoms with Gasteiger partial charge in [0.25, 0.3) is 0 Å². The number of fused-ring (bicyclic) bond motifs is 2. The van der Waals surface area contributed by atoms with Crippen molar-refractivity contribution < 1.29 is 17.9 Å². The highest BCUT2D eigenvalue weighted by molar-refractivity contribution is 7.92. The number of aromatic nitrogens is 3. The van der Waals surface area contributed by atoms with E-state index in [1.807, 2.05) is 24.3 Å². The van der Waals surface area contributed by atoms with Crippen molar-refractivity contribution in [3.8, 4) is 5.75 Å². The SMILES string of the molecule is CNc1ccnc2cc(OC)c(S(=O)(=O)C3CCOCC3)cc12.Clc1ccc2cn[nH]c2c1. The Morgan fingerprint density at radius 1 is 1.18 bits per heavy atom. The van der Waals surface area contributed by atoms with Crippen LogP contribution in [0.25, 0.3) is 21.8 Å². The van der Waals surface area contributed by atoms with E-state index >= 15 is 0 Å². The van der Waals surface area contributed by atoms with Crippen LogP contribution in [0.5, 0.6) is 5.75 Å². The molecule has 0 atom stereocenters. The van der Waals surface area contributed by atoms with Gasteiger partial charge in [0.1, 0.15) is 10.6 Å². The van der Waals surface area contributed by atoms with E-state index in [2.05, 4.69) is 20.5 Å². The van der Waals surface area contributed by atoms with Crippen LogP contribution in [0.15, 0.2) is 53.7 Å². The molecule has 1 aliphatic heterocycles. The molecule has 2 aromatic heterocycles. The van der Waals surface area contributed by atoms with Gasteiger partial charge in [-0.1, -0.05) is 11.6 Å². The molecule has 1 fully saturated rings. The first kappa shape index (κ1) is 23.3. The summed E-state index contributed by atoms with van der Waals surface area (Å²) in [5.41, 5.74) is 2.51. The van der Waals surface area contributed by atoms with Crippen molar-refractivity contribution in [1.82, 2.24) is 15.2 Å². The Morgan fingerprint density at radius 2 is 1.97 bits per heavy atom. The molecule has 0 aliphatic carbocycles. The lowest BCUT2D eigenvalue weighted by molar-refractivity contribution is 0.0983. The van der Waals surface area contributed by atoms with Crippen molar-refractivity contribution in [3.05, 3.63) is 53.8 Å². The fourth-order valence-corrected chi connectivity index (χ4v) is 5.88. The average Bonchev–Trinajstić information content (AvgIpc) is 3.31. The number of methoxy groups -OCH3 is 1. The number of rotatable bonds is 4. The maximum atomic E-state index is 13.0. The normalized spacial score (nSPS) is 14.6. The predicted molar refractivity (Wildman–Crippen MR) is 130 cm³/mol. The van der Waals surface area contributed by atoms with Crippen LogP contribution in [0.2, 0.25) is 5.02 Å².